The van der Waals surface area contributed by atoms with Gasteiger partial charge in [-0.25, -0.2) is 0 Å². The fourth-order valence-electron chi connectivity index (χ4n) is 5.48. The second kappa shape index (κ2) is 12.4. The first-order chi connectivity index (χ1) is 19.8. The molecule has 0 radical (unpaired) electrons. The van der Waals surface area contributed by atoms with Crippen molar-refractivity contribution in [3.8, 4) is 17.6 Å². The van der Waals surface area contributed by atoms with Gasteiger partial charge in [-0.05, 0) is 57.0 Å². The van der Waals surface area contributed by atoms with Crippen LogP contribution in [0.5, 0.6) is 11.5 Å². The minimum Gasteiger partial charge on any atom is -0.491 e. The highest BCUT2D eigenvalue weighted by molar-refractivity contribution is 5.67. The van der Waals surface area contributed by atoms with Gasteiger partial charge < -0.3 is 19.9 Å². The van der Waals surface area contributed by atoms with Crippen LogP contribution in [0.25, 0.3) is 6.08 Å². The van der Waals surface area contributed by atoms with E-state index < -0.39 is 5.92 Å². The fourth-order valence-corrected chi connectivity index (χ4v) is 5.48. The molecule has 3 aromatic rings. The Hall–Kier alpha value is -4.47. The van der Waals surface area contributed by atoms with Crippen LogP contribution in [0.1, 0.15) is 50.3 Å². The van der Waals surface area contributed by atoms with Gasteiger partial charge in [0, 0.05) is 36.3 Å². The number of hydrogen-bond donors (Lipinski definition) is 1. The predicted molar refractivity (Wildman–Crippen MR) is 162 cm³/mol. The van der Waals surface area contributed by atoms with Crippen molar-refractivity contribution < 1.29 is 14.2 Å². The molecule has 2 aliphatic heterocycles. The summed E-state index contributed by atoms with van der Waals surface area (Å²) in [5, 5.41) is 10.3. The van der Waals surface area contributed by atoms with E-state index in [1.54, 1.807) is 0 Å². The third-order valence-corrected chi connectivity index (χ3v) is 7.06. The van der Waals surface area contributed by atoms with Gasteiger partial charge >= 0.3 is 0 Å². The van der Waals surface area contributed by atoms with Crippen LogP contribution in [0.15, 0.2) is 107 Å². The number of hydrogen-bond acceptors (Lipinski definition) is 6. The third-order valence-electron chi connectivity index (χ3n) is 7.06. The third kappa shape index (κ3) is 6.32. The van der Waals surface area contributed by atoms with Crippen molar-refractivity contribution >= 4 is 6.08 Å². The van der Waals surface area contributed by atoms with E-state index in [1.807, 2.05) is 82.3 Å². The van der Waals surface area contributed by atoms with E-state index in [0.717, 1.165) is 46.1 Å². The van der Waals surface area contributed by atoms with E-state index >= 15 is 0 Å². The van der Waals surface area contributed by atoms with Gasteiger partial charge in [0.05, 0.1) is 18.1 Å². The summed E-state index contributed by atoms with van der Waals surface area (Å²) in [5.74, 6) is 1.99. The van der Waals surface area contributed by atoms with Gasteiger partial charge in [-0.3, -0.25) is 4.90 Å². The van der Waals surface area contributed by atoms with Crippen LogP contribution in [-0.2, 0) is 11.3 Å². The molecular formula is C35H37N3O3. The lowest BCUT2D eigenvalue weighted by molar-refractivity contribution is 0.224. The summed E-state index contributed by atoms with van der Waals surface area (Å²) in [5.41, 5.74) is 11.9. The molecule has 2 heterocycles. The average Bonchev–Trinajstić information content (AvgIpc) is 2.94. The highest BCUT2D eigenvalue weighted by Crippen LogP contribution is 2.46. The number of para-hydroxylation sites is 2. The Morgan fingerprint density at radius 3 is 2.24 bits per heavy atom. The molecule has 6 nitrogen and oxygen atoms in total. The summed E-state index contributed by atoms with van der Waals surface area (Å²) in [6.07, 6.45) is 2.14. The zero-order valence-corrected chi connectivity index (χ0v) is 24.1. The lowest BCUT2D eigenvalue weighted by atomic mass is 9.79. The molecule has 1 unspecified atom stereocenters. The standard InChI is InChI=1S/C35H37N3O3/c1-23(2)39-31-16-10-8-14-26(31)18-27-21-38(20-25-12-6-5-7-13-25)22-30-33(29(19-36)35(37)41-34(27)30)28-15-9-11-17-32(28)40-24(3)4/h5-18,23-24,33H,20-22,37H2,1-4H3/b27-18+. The topological polar surface area (TPSA) is 80.7 Å². The highest BCUT2D eigenvalue weighted by Gasteiger charge is 2.39. The van der Waals surface area contributed by atoms with Crippen LogP contribution in [-0.4, -0.2) is 30.2 Å². The summed E-state index contributed by atoms with van der Waals surface area (Å²) in [6, 6.07) is 28.7. The molecule has 5 rings (SSSR count). The molecule has 0 bridgehead atoms. The van der Waals surface area contributed by atoms with Crippen molar-refractivity contribution in [1.29, 1.82) is 5.26 Å². The first-order valence-electron chi connectivity index (χ1n) is 14.1. The largest absolute Gasteiger partial charge is 0.491 e. The maximum atomic E-state index is 10.3. The number of rotatable bonds is 8. The molecule has 0 aromatic heterocycles. The first-order valence-corrected chi connectivity index (χ1v) is 14.1. The lowest BCUT2D eigenvalue weighted by Crippen LogP contribution is -2.38. The number of nitrogens with two attached hydrogens (primary N) is 1. The number of nitriles is 1. The molecule has 2 N–H and O–H groups in total. The van der Waals surface area contributed by atoms with Crippen LogP contribution in [0.4, 0.5) is 0 Å². The van der Waals surface area contributed by atoms with E-state index in [4.69, 9.17) is 19.9 Å². The number of benzene rings is 3. The molecule has 6 heteroatoms. The van der Waals surface area contributed by atoms with E-state index in [1.165, 1.54) is 5.56 Å². The average molecular weight is 548 g/mol. The molecule has 2 aliphatic rings. The number of ether oxygens (including phenoxy) is 3. The fraction of sp³-hybridized carbons (Fsp3) is 0.286. The summed E-state index contributed by atoms with van der Waals surface area (Å²) < 4.78 is 18.7. The normalized spacial score (nSPS) is 18.4. The molecule has 0 fully saturated rings. The molecule has 1 atom stereocenters. The van der Waals surface area contributed by atoms with Crippen molar-refractivity contribution in [3.05, 3.63) is 124 Å². The molecule has 41 heavy (non-hydrogen) atoms. The minimum absolute atomic E-state index is 0.0230. The lowest BCUT2D eigenvalue weighted by Gasteiger charge is -2.38. The number of nitrogens with zero attached hydrogens (tertiary/aromatic N) is 2. The smallest absolute Gasteiger partial charge is 0.205 e. The van der Waals surface area contributed by atoms with Crippen LogP contribution in [0.3, 0.4) is 0 Å². The summed E-state index contributed by atoms with van der Waals surface area (Å²) in [6.45, 7) is 10.1. The second-order valence-corrected chi connectivity index (χ2v) is 11.0. The van der Waals surface area contributed by atoms with E-state index in [0.29, 0.717) is 18.7 Å². The molecule has 210 valence electrons. The molecule has 0 amide bonds. The zero-order valence-electron chi connectivity index (χ0n) is 24.1. The summed E-state index contributed by atoms with van der Waals surface area (Å²) in [4.78, 5) is 2.38. The minimum atomic E-state index is -0.400. The van der Waals surface area contributed by atoms with Gasteiger partial charge in [0.1, 0.15) is 28.9 Å². The van der Waals surface area contributed by atoms with Gasteiger partial charge in [-0.1, -0.05) is 66.7 Å². The molecular weight excluding hydrogens is 510 g/mol. The zero-order chi connectivity index (χ0) is 28.9. The Balaban J connectivity index is 1.67. The first kappa shape index (κ1) is 28.1. The Bertz CT molecular complexity index is 1530. The highest BCUT2D eigenvalue weighted by atomic mass is 16.5. The van der Waals surface area contributed by atoms with E-state index in [-0.39, 0.29) is 18.1 Å². The van der Waals surface area contributed by atoms with E-state index in [9.17, 15) is 5.26 Å². The Morgan fingerprint density at radius 1 is 0.902 bits per heavy atom. The molecule has 3 aromatic carbocycles. The maximum Gasteiger partial charge on any atom is 0.205 e. The Morgan fingerprint density at radius 2 is 1.54 bits per heavy atom. The van der Waals surface area contributed by atoms with Crippen LogP contribution in [0.2, 0.25) is 0 Å². The Kier molecular flexibility index (Phi) is 8.47. The van der Waals surface area contributed by atoms with Gasteiger partial charge in [0.25, 0.3) is 0 Å². The van der Waals surface area contributed by atoms with Crippen molar-refractivity contribution in [2.75, 3.05) is 13.1 Å². The predicted octanol–water partition coefficient (Wildman–Crippen LogP) is 6.92. The Labute approximate surface area is 243 Å². The molecule has 0 saturated heterocycles. The van der Waals surface area contributed by atoms with Crippen molar-refractivity contribution in [2.45, 2.75) is 52.4 Å². The SMILES string of the molecule is CC(C)Oc1ccccc1/C=C1\CN(Cc2ccccc2)CC2=C1OC(N)=C(C#N)C2c1ccccc1OC(C)C. The summed E-state index contributed by atoms with van der Waals surface area (Å²) >= 11 is 0. The van der Waals surface area contributed by atoms with Gasteiger partial charge in [-0.15, -0.1) is 0 Å². The molecule has 0 aliphatic carbocycles. The van der Waals surface area contributed by atoms with Crippen molar-refractivity contribution in [1.82, 2.24) is 4.90 Å². The van der Waals surface area contributed by atoms with Gasteiger partial charge in [0.15, 0.2) is 0 Å². The summed E-state index contributed by atoms with van der Waals surface area (Å²) in [7, 11) is 0. The van der Waals surface area contributed by atoms with Crippen molar-refractivity contribution in [2.24, 2.45) is 5.73 Å². The second-order valence-electron chi connectivity index (χ2n) is 11.0. The van der Waals surface area contributed by atoms with Crippen LogP contribution >= 0.6 is 0 Å². The maximum absolute atomic E-state index is 10.3. The van der Waals surface area contributed by atoms with Gasteiger partial charge in [0.2, 0.25) is 5.88 Å². The monoisotopic (exact) mass is 547 g/mol. The van der Waals surface area contributed by atoms with Crippen LogP contribution in [0, 0.1) is 11.3 Å². The number of allylic oxidation sites excluding steroid dienone is 1. The van der Waals surface area contributed by atoms with Crippen LogP contribution < -0.4 is 15.2 Å². The molecule has 0 spiro atoms. The van der Waals surface area contributed by atoms with Crippen molar-refractivity contribution in [3.63, 3.8) is 0 Å². The van der Waals surface area contributed by atoms with Gasteiger partial charge in [-0.2, -0.15) is 5.26 Å². The molecule has 0 saturated carbocycles. The van der Waals surface area contributed by atoms with E-state index in [2.05, 4.69) is 41.3 Å². The quantitative estimate of drug-likeness (QED) is 0.330.